The van der Waals surface area contributed by atoms with Crippen LogP contribution in [0.1, 0.15) is 20.3 Å². The molecule has 0 aliphatic heterocycles. The Hall–Kier alpha value is -1.14. The van der Waals surface area contributed by atoms with Crippen LogP contribution in [-0.4, -0.2) is 56.6 Å². The maximum Gasteiger partial charge on any atom is 0.321 e. The quantitative estimate of drug-likeness (QED) is 0.541. The van der Waals surface area contributed by atoms with Crippen molar-refractivity contribution >= 4 is 11.9 Å². The fraction of sp³-hybridized carbons (Fsp3) is 0.818. The van der Waals surface area contributed by atoms with E-state index < -0.39 is 6.03 Å². The molecule has 3 amide bonds. The van der Waals surface area contributed by atoms with Gasteiger partial charge in [0.1, 0.15) is 0 Å². The first-order chi connectivity index (χ1) is 7.97. The highest BCUT2D eigenvalue weighted by Gasteiger charge is 2.14. The molecule has 0 saturated heterocycles. The van der Waals surface area contributed by atoms with Crippen LogP contribution in [-0.2, 0) is 4.79 Å². The molecule has 1 atom stereocenters. The molecular formula is C11H24N4O2. The lowest BCUT2D eigenvalue weighted by Gasteiger charge is -2.14. The van der Waals surface area contributed by atoms with Gasteiger partial charge in [0.05, 0.1) is 6.04 Å². The van der Waals surface area contributed by atoms with Crippen molar-refractivity contribution in [3.8, 4) is 0 Å². The van der Waals surface area contributed by atoms with Crippen LogP contribution < -0.4 is 16.0 Å². The monoisotopic (exact) mass is 244 g/mol. The lowest BCUT2D eigenvalue weighted by atomic mass is 10.3. The molecule has 6 heteroatoms. The molecule has 0 heterocycles. The van der Waals surface area contributed by atoms with Crippen molar-refractivity contribution < 1.29 is 9.59 Å². The molecule has 0 bridgehead atoms. The largest absolute Gasteiger partial charge is 0.338 e. The predicted molar refractivity (Wildman–Crippen MR) is 67.9 cm³/mol. The van der Waals surface area contributed by atoms with Crippen LogP contribution in [0.5, 0.6) is 0 Å². The Balaban J connectivity index is 3.71. The lowest BCUT2D eigenvalue weighted by Crippen LogP contribution is -2.48. The number of carbonyl (C=O) groups excluding carboxylic acids is 2. The van der Waals surface area contributed by atoms with E-state index in [1.807, 2.05) is 14.1 Å². The van der Waals surface area contributed by atoms with E-state index in [4.69, 9.17) is 0 Å². The maximum atomic E-state index is 11.5. The van der Waals surface area contributed by atoms with E-state index >= 15 is 0 Å². The molecule has 0 aromatic heterocycles. The molecule has 0 saturated carbocycles. The summed E-state index contributed by atoms with van der Waals surface area (Å²) >= 11 is 0. The Labute approximate surface area is 103 Å². The van der Waals surface area contributed by atoms with Crippen molar-refractivity contribution in [1.82, 2.24) is 20.9 Å². The molecule has 0 aromatic rings. The maximum absolute atomic E-state index is 11.5. The molecule has 1 unspecified atom stereocenters. The smallest absolute Gasteiger partial charge is 0.321 e. The number of nitrogens with one attached hydrogen (secondary N) is 3. The van der Waals surface area contributed by atoms with Gasteiger partial charge in [-0.05, 0) is 47.5 Å². The molecule has 0 aliphatic rings. The summed E-state index contributed by atoms with van der Waals surface area (Å²) in [4.78, 5) is 24.7. The van der Waals surface area contributed by atoms with Crippen molar-refractivity contribution in [3.05, 3.63) is 0 Å². The predicted octanol–water partition coefficient (Wildman–Crippen LogP) is -0.238. The van der Waals surface area contributed by atoms with E-state index in [-0.39, 0.29) is 11.9 Å². The summed E-state index contributed by atoms with van der Waals surface area (Å²) in [5.74, 6) is -0.305. The topological polar surface area (TPSA) is 73.5 Å². The second kappa shape index (κ2) is 8.95. The average Bonchev–Trinajstić information content (AvgIpc) is 2.23. The number of hydrogen-bond donors (Lipinski definition) is 3. The molecule has 0 rings (SSSR count). The molecule has 0 radical (unpaired) electrons. The Morgan fingerprint density at radius 2 is 1.94 bits per heavy atom. The number of hydrogen-bond acceptors (Lipinski definition) is 4. The van der Waals surface area contributed by atoms with Crippen LogP contribution in [0.4, 0.5) is 4.79 Å². The summed E-state index contributed by atoms with van der Waals surface area (Å²) in [5.41, 5.74) is 0. The second-order valence-electron chi connectivity index (χ2n) is 4.18. The summed E-state index contributed by atoms with van der Waals surface area (Å²) in [6.45, 7) is 5.76. The molecule has 17 heavy (non-hydrogen) atoms. The van der Waals surface area contributed by atoms with Crippen LogP contribution in [0.3, 0.4) is 0 Å². The summed E-state index contributed by atoms with van der Waals surface area (Å²) in [7, 11) is 4.01. The minimum absolute atomic E-state index is 0.305. The molecule has 0 aliphatic carbocycles. The van der Waals surface area contributed by atoms with Gasteiger partial charge in [-0.1, -0.05) is 0 Å². The van der Waals surface area contributed by atoms with Crippen LogP contribution in [0.15, 0.2) is 0 Å². The Morgan fingerprint density at radius 3 is 2.47 bits per heavy atom. The van der Waals surface area contributed by atoms with E-state index in [1.165, 1.54) is 0 Å². The van der Waals surface area contributed by atoms with E-state index in [9.17, 15) is 9.59 Å². The third-order valence-electron chi connectivity index (χ3n) is 2.20. The van der Waals surface area contributed by atoms with Gasteiger partial charge in [0.25, 0.3) is 0 Å². The van der Waals surface area contributed by atoms with E-state index in [0.717, 1.165) is 19.5 Å². The fourth-order valence-electron chi connectivity index (χ4n) is 1.23. The highest BCUT2D eigenvalue weighted by atomic mass is 16.2. The number of rotatable bonds is 7. The highest BCUT2D eigenvalue weighted by molar-refractivity contribution is 5.96. The highest BCUT2D eigenvalue weighted by Crippen LogP contribution is 1.86. The van der Waals surface area contributed by atoms with Crippen molar-refractivity contribution in [3.63, 3.8) is 0 Å². The summed E-state index contributed by atoms with van der Waals surface area (Å²) in [6.07, 6.45) is 0.964. The Morgan fingerprint density at radius 1 is 1.29 bits per heavy atom. The van der Waals surface area contributed by atoms with E-state index in [0.29, 0.717) is 6.54 Å². The van der Waals surface area contributed by atoms with Gasteiger partial charge in [-0.2, -0.15) is 0 Å². The van der Waals surface area contributed by atoms with Gasteiger partial charge in [-0.3, -0.25) is 10.1 Å². The number of carbonyl (C=O) groups is 2. The molecular weight excluding hydrogens is 220 g/mol. The van der Waals surface area contributed by atoms with Gasteiger partial charge in [-0.15, -0.1) is 0 Å². The van der Waals surface area contributed by atoms with Gasteiger partial charge in [-0.25, -0.2) is 4.79 Å². The fourth-order valence-corrected chi connectivity index (χ4v) is 1.23. The third-order valence-corrected chi connectivity index (χ3v) is 2.20. The minimum Gasteiger partial charge on any atom is -0.338 e. The second-order valence-corrected chi connectivity index (χ2v) is 4.18. The molecule has 0 aromatic carbocycles. The van der Waals surface area contributed by atoms with Crippen molar-refractivity contribution in [2.24, 2.45) is 0 Å². The molecule has 100 valence electrons. The third kappa shape index (κ3) is 8.65. The molecule has 0 fully saturated rings. The number of urea groups is 1. The van der Waals surface area contributed by atoms with Crippen LogP contribution in [0, 0.1) is 0 Å². The zero-order valence-electron chi connectivity index (χ0n) is 11.2. The number of imide groups is 1. The van der Waals surface area contributed by atoms with Gasteiger partial charge < -0.3 is 15.5 Å². The van der Waals surface area contributed by atoms with Crippen molar-refractivity contribution in [1.29, 1.82) is 0 Å². The molecule has 3 N–H and O–H groups in total. The van der Waals surface area contributed by atoms with E-state index in [2.05, 4.69) is 20.9 Å². The van der Waals surface area contributed by atoms with Crippen LogP contribution in [0.25, 0.3) is 0 Å². The SMILES string of the molecule is CCNC(=O)NC(=O)C(C)NCCCN(C)C. The lowest BCUT2D eigenvalue weighted by molar-refractivity contribution is -0.121. The van der Waals surface area contributed by atoms with Crippen molar-refractivity contribution in [2.45, 2.75) is 26.3 Å². The Bertz CT molecular complexity index is 244. The summed E-state index contributed by atoms with van der Waals surface area (Å²) < 4.78 is 0. The van der Waals surface area contributed by atoms with E-state index in [1.54, 1.807) is 13.8 Å². The number of nitrogens with zero attached hydrogens (tertiary/aromatic N) is 1. The Kier molecular flexibility index (Phi) is 8.35. The van der Waals surface area contributed by atoms with Gasteiger partial charge >= 0.3 is 6.03 Å². The molecule has 0 spiro atoms. The first-order valence-electron chi connectivity index (χ1n) is 5.94. The summed E-state index contributed by atoms with van der Waals surface area (Å²) in [6, 6.07) is -0.806. The zero-order valence-corrected chi connectivity index (χ0v) is 11.2. The van der Waals surface area contributed by atoms with Crippen molar-refractivity contribution in [2.75, 3.05) is 33.7 Å². The number of amides is 3. The first-order valence-corrected chi connectivity index (χ1v) is 5.94. The van der Waals surface area contributed by atoms with Gasteiger partial charge in [0.2, 0.25) is 5.91 Å². The summed E-state index contributed by atoms with van der Waals surface area (Å²) in [5, 5.41) is 7.84. The average molecular weight is 244 g/mol. The van der Waals surface area contributed by atoms with Crippen LogP contribution in [0.2, 0.25) is 0 Å². The van der Waals surface area contributed by atoms with Gasteiger partial charge in [0.15, 0.2) is 0 Å². The van der Waals surface area contributed by atoms with Crippen LogP contribution >= 0.6 is 0 Å². The normalized spacial score (nSPS) is 12.3. The standard InChI is InChI=1S/C11H24N4O2/c1-5-12-11(17)14-10(16)9(2)13-7-6-8-15(3)4/h9,13H,5-8H2,1-4H3,(H2,12,14,16,17). The zero-order chi connectivity index (χ0) is 13.3. The first kappa shape index (κ1) is 15.9. The molecule has 6 nitrogen and oxygen atoms in total. The minimum atomic E-state index is -0.445. The van der Waals surface area contributed by atoms with Gasteiger partial charge in [0, 0.05) is 6.54 Å².